The summed E-state index contributed by atoms with van der Waals surface area (Å²) in [5.74, 6) is -0.721. The van der Waals surface area contributed by atoms with E-state index in [0.717, 1.165) is 5.56 Å². The van der Waals surface area contributed by atoms with E-state index >= 15 is 0 Å². The summed E-state index contributed by atoms with van der Waals surface area (Å²) in [7, 11) is 0. The van der Waals surface area contributed by atoms with Gasteiger partial charge in [-0.05, 0) is 50.1 Å². The Morgan fingerprint density at radius 1 is 1.07 bits per heavy atom. The number of carbonyl (C=O) groups excluding carboxylic acids is 2. The van der Waals surface area contributed by atoms with Crippen LogP contribution < -0.4 is 15.4 Å². The first kappa shape index (κ1) is 18.9. The molecule has 1 aliphatic carbocycles. The fourth-order valence-corrected chi connectivity index (χ4v) is 2.85. The van der Waals surface area contributed by atoms with Crippen LogP contribution in [0, 0.1) is 17.7 Å². The van der Waals surface area contributed by atoms with E-state index in [1.165, 1.54) is 12.1 Å². The predicted octanol–water partition coefficient (Wildman–Crippen LogP) is 3.50. The topological polar surface area (TPSA) is 67.4 Å². The molecule has 5 nitrogen and oxygen atoms in total. The highest BCUT2D eigenvalue weighted by Gasteiger charge is 2.48. The number of para-hydroxylation sites is 2. The van der Waals surface area contributed by atoms with Crippen LogP contribution in [0.1, 0.15) is 25.8 Å². The summed E-state index contributed by atoms with van der Waals surface area (Å²) in [6.45, 7) is 4.15. The fourth-order valence-electron chi connectivity index (χ4n) is 2.85. The van der Waals surface area contributed by atoms with Crippen molar-refractivity contribution in [3.8, 4) is 5.75 Å². The Morgan fingerprint density at radius 2 is 1.74 bits per heavy atom. The number of nitrogens with one attached hydrogen (secondary N) is 2. The van der Waals surface area contributed by atoms with Crippen LogP contribution in [0.25, 0.3) is 0 Å². The van der Waals surface area contributed by atoms with Crippen molar-refractivity contribution >= 4 is 17.5 Å². The van der Waals surface area contributed by atoms with Crippen molar-refractivity contribution in [1.29, 1.82) is 0 Å². The number of benzene rings is 2. The van der Waals surface area contributed by atoms with Crippen LogP contribution in [-0.2, 0) is 16.1 Å². The van der Waals surface area contributed by atoms with Gasteiger partial charge in [0.2, 0.25) is 11.8 Å². The van der Waals surface area contributed by atoms with Crippen molar-refractivity contribution in [2.45, 2.75) is 32.9 Å². The SMILES string of the molecule is CC(C)Oc1ccccc1NC(=O)C1CC1C(=O)NCc1ccc(F)cc1. The molecule has 2 atom stereocenters. The van der Waals surface area contributed by atoms with Crippen molar-refractivity contribution in [3.05, 3.63) is 59.9 Å². The van der Waals surface area contributed by atoms with E-state index in [1.807, 2.05) is 26.0 Å². The summed E-state index contributed by atoms with van der Waals surface area (Å²) >= 11 is 0. The van der Waals surface area contributed by atoms with Gasteiger partial charge in [0.05, 0.1) is 23.6 Å². The van der Waals surface area contributed by atoms with Gasteiger partial charge in [0.15, 0.2) is 0 Å². The molecule has 0 bridgehead atoms. The molecule has 0 heterocycles. The molecule has 142 valence electrons. The molecule has 27 heavy (non-hydrogen) atoms. The van der Waals surface area contributed by atoms with Crippen LogP contribution in [0.5, 0.6) is 5.75 Å². The monoisotopic (exact) mass is 370 g/mol. The molecule has 1 saturated carbocycles. The van der Waals surface area contributed by atoms with Crippen molar-refractivity contribution < 1.29 is 18.7 Å². The highest BCUT2D eigenvalue weighted by Crippen LogP contribution is 2.40. The van der Waals surface area contributed by atoms with Crippen molar-refractivity contribution in [3.63, 3.8) is 0 Å². The quantitative estimate of drug-likeness (QED) is 0.784. The summed E-state index contributed by atoms with van der Waals surface area (Å²) < 4.78 is 18.6. The van der Waals surface area contributed by atoms with Crippen molar-refractivity contribution in [2.75, 3.05) is 5.32 Å². The van der Waals surface area contributed by atoms with Gasteiger partial charge < -0.3 is 15.4 Å². The van der Waals surface area contributed by atoms with E-state index in [0.29, 0.717) is 24.4 Å². The van der Waals surface area contributed by atoms with Crippen LogP contribution in [0.15, 0.2) is 48.5 Å². The minimum Gasteiger partial charge on any atom is -0.489 e. The third-order valence-corrected chi connectivity index (χ3v) is 4.35. The second-order valence-corrected chi connectivity index (χ2v) is 6.94. The average Bonchev–Trinajstić information content (AvgIpc) is 3.43. The van der Waals surface area contributed by atoms with Crippen molar-refractivity contribution in [1.82, 2.24) is 5.32 Å². The van der Waals surface area contributed by atoms with Gasteiger partial charge in [0.25, 0.3) is 0 Å². The Morgan fingerprint density at radius 3 is 2.44 bits per heavy atom. The molecule has 0 aliphatic heterocycles. The molecule has 0 saturated heterocycles. The maximum atomic E-state index is 12.9. The molecule has 2 aromatic rings. The minimum atomic E-state index is -0.342. The Hall–Kier alpha value is -2.89. The highest BCUT2D eigenvalue weighted by atomic mass is 19.1. The molecule has 1 aliphatic rings. The van der Waals surface area contributed by atoms with Gasteiger partial charge in [0.1, 0.15) is 11.6 Å². The van der Waals surface area contributed by atoms with Gasteiger partial charge in [-0.25, -0.2) is 4.39 Å². The Balaban J connectivity index is 1.51. The largest absolute Gasteiger partial charge is 0.489 e. The molecular formula is C21H23FN2O3. The number of carbonyl (C=O) groups is 2. The summed E-state index contributed by atoms with van der Waals surface area (Å²) in [6.07, 6.45) is 0.517. The molecule has 1 fully saturated rings. The predicted molar refractivity (Wildman–Crippen MR) is 101 cm³/mol. The lowest BCUT2D eigenvalue weighted by molar-refractivity contribution is -0.125. The van der Waals surface area contributed by atoms with Gasteiger partial charge in [-0.2, -0.15) is 0 Å². The highest BCUT2D eigenvalue weighted by molar-refractivity contribution is 6.00. The normalized spacial score (nSPS) is 18.1. The molecule has 0 radical (unpaired) electrons. The van der Waals surface area contributed by atoms with E-state index in [-0.39, 0.29) is 35.6 Å². The van der Waals surface area contributed by atoms with Gasteiger partial charge >= 0.3 is 0 Å². The first-order valence-electron chi connectivity index (χ1n) is 9.02. The molecule has 2 amide bonds. The van der Waals surface area contributed by atoms with Crippen LogP contribution >= 0.6 is 0 Å². The standard InChI is InChI=1S/C21H23FN2O3/c1-13(2)27-19-6-4-3-5-18(19)24-21(26)17-11-16(17)20(25)23-12-14-7-9-15(22)10-8-14/h3-10,13,16-17H,11-12H2,1-2H3,(H,23,25)(H,24,26). The maximum Gasteiger partial charge on any atom is 0.228 e. The van der Waals surface area contributed by atoms with E-state index in [1.54, 1.807) is 24.3 Å². The number of amides is 2. The van der Waals surface area contributed by atoms with Gasteiger partial charge in [-0.1, -0.05) is 24.3 Å². The third kappa shape index (κ3) is 5.06. The molecule has 0 aromatic heterocycles. The number of ether oxygens (including phenoxy) is 1. The Kier molecular flexibility index (Phi) is 5.74. The zero-order valence-electron chi connectivity index (χ0n) is 15.4. The lowest BCUT2D eigenvalue weighted by Gasteiger charge is -2.14. The lowest BCUT2D eigenvalue weighted by Crippen LogP contribution is -2.27. The zero-order valence-corrected chi connectivity index (χ0v) is 15.4. The minimum absolute atomic E-state index is 0.00559. The number of anilines is 1. The average molecular weight is 370 g/mol. The molecule has 6 heteroatoms. The van der Waals surface area contributed by atoms with E-state index < -0.39 is 0 Å². The van der Waals surface area contributed by atoms with Gasteiger partial charge in [-0.15, -0.1) is 0 Å². The first-order valence-corrected chi connectivity index (χ1v) is 9.02. The summed E-state index contributed by atoms with van der Waals surface area (Å²) in [5.41, 5.74) is 1.42. The Bertz CT molecular complexity index is 820. The number of hydrogen-bond acceptors (Lipinski definition) is 3. The summed E-state index contributed by atoms with van der Waals surface area (Å²) in [4.78, 5) is 24.7. The second kappa shape index (κ2) is 8.20. The molecule has 0 spiro atoms. The zero-order chi connectivity index (χ0) is 19.4. The molecule has 2 unspecified atom stereocenters. The van der Waals surface area contributed by atoms with E-state index in [9.17, 15) is 14.0 Å². The number of hydrogen-bond donors (Lipinski definition) is 2. The lowest BCUT2D eigenvalue weighted by atomic mass is 10.2. The van der Waals surface area contributed by atoms with Gasteiger partial charge in [0, 0.05) is 6.54 Å². The van der Waals surface area contributed by atoms with Crippen molar-refractivity contribution in [2.24, 2.45) is 11.8 Å². The molecule has 2 aromatic carbocycles. The summed E-state index contributed by atoms with van der Waals surface area (Å²) in [5, 5.41) is 5.66. The van der Waals surface area contributed by atoms with Crippen LogP contribution in [0.2, 0.25) is 0 Å². The molecule has 2 N–H and O–H groups in total. The molecule has 3 rings (SSSR count). The fraction of sp³-hybridized carbons (Fsp3) is 0.333. The third-order valence-electron chi connectivity index (χ3n) is 4.35. The van der Waals surface area contributed by atoms with Gasteiger partial charge in [-0.3, -0.25) is 9.59 Å². The maximum absolute atomic E-state index is 12.9. The second-order valence-electron chi connectivity index (χ2n) is 6.94. The molecular weight excluding hydrogens is 347 g/mol. The van der Waals surface area contributed by atoms with E-state index in [4.69, 9.17) is 4.74 Å². The summed E-state index contributed by atoms with van der Waals surface area (Å²) in [6, 6.07) is 13.2. The number of halogens is 1. The van der Waals surface area contributed by atoms with E-state index in [2.05, 4.69) is 10.6 Å². The smallest absolute Gasteiger partial charge is 0.228 e. The Labute approximate surface area is 157 Å². The van der Waals surface area contributed by atoms with Crippen LogP contribution in [0.3, 0.4) is 0 Å². The number of rotatable bonds is 7. The first-order chi connectivity index (χ1) is 12.9. The van der Waals surface area contributed by atoms with Crippen LogP contribution in [0.4, 0.5) is 10.1 Å². The van der Waals surface area contributed by atoms with Crippen LogP contribution in [-0.4, -0.2) is 17.9 Å².